The minimum absolute atomic E-state index is 0.186. The van der Waals surface area contributed by atoms with Crippen LogP contribution >= 0.6 is 11.6 Å². The molecule has 4 nitrogen and oxygen atoms in total. The van der Waals surface area contributed by atoms with Gasteiger partial charge in [-0.1, -0.05) is 29.8 Å². The standard InChI is InChI=1S/C17H13ClN2O2/c1-11-16(9-12-5-7-15(21)8-6-12)17(22)20(19-11)14-4-2-3-13(18)10-14/h2-10,21H,1H3. The molecule has 0 saturated carbocycles. The van der Waals surface area contributed by atoms with E-state index in [1.807, 2.05) is 0 Å². The van der Waals surface area contributed by atoms with Gasteiger partial charge in [0.1, 0.15) is 5.75 Å². The van der Waals surface area contributed by atoms with Gasteiger partial charge in [-0.2, -0.15) is 10.1 Å². The van der Waals surface area contributed by atoms with Gasteiger partial charge in [0.2, 0.25) is 0 Å². The number of hydrazone groups is 1. The molecule has 0 fully saturated rings. The molecule has 1 N–H and O–H groups in total. The Morgan fingerprint density at radius 1 is 1.18 bits per heavy atom. The number of phenolic OH excluding ortho intramolecular Hbond substituents is 1. The Morgan fingerprint density at radius 2 is 1.91 bits per heavy atom. The van der Waals surface area contributed by atoms with Gasteiger partial charge in [-0.15, -0.1) is 0 Å². The van der Waals surface area contributed by atoms with Crippen LogP contribution in [0.15, 0.2) is 59.2 Å². The van der Waals surface area contributed by atoms with Crippen molar-refractivity contribution in [2.75, 3.05) is 5.01 Å². The monoisotopic (exact) mass is 312 g/mol. The van der Waals surface area contributed by atoms with Crippen molar-refractivity contribution in [3.8, 4) is 5.75 Å². The van der Waals surface area contributed by atoms with Crippen molar-refractivity contribution in [1.29, 1.82) is 0 Å². The fraction of sp³-hybridized carbons (Fsp3) is 0.0588. The quantitative estimate of drug-likeness (QED) is 0.856. The van der Waals surface area contributed by atoms with Gasteiger partial charge in [0, 0.05) is 5.02 Å². The van der Waals surface area contributed by atoms with Gasteiger partial charge in [-0.3, -0.25) is 4.79 Å². The maximum atomic E-state index is 12.5. The fourth-order valence-electron chi connectivity index (χ4n) is 2.20. The summed E-state index contributed by atoms with van der Waals surface area (Å²) in [5.41, 5.74) is 2.61. The molecule has 0 saturated heterocycles. The Balaban J connectivity index is 1.94. The molecular weight excluding hydrogens is 300 g/mol. The third kappa shape index (κ3) is 2.73. The zero-order valence-electron chi connectivity index (χ0n) is 11.8. The van der Waals surface area contributed by atoms with E-state index >= 15 is 0 Å². The Morgan fingerprint density at radius 3 is 2.59 bits per heavy atom. The first-order valence-corrected chi connectivity index (χ1v) is 7.09. The second-order valence-corrected chi connectivity index (χ2v) is 5.37. The van der Waals surface area contributed by atoms with Gasteiger partial charge >= 0.3 is 0 Å². The first kappa shape index (κ1) is 14.4. The molecule has 5 heteroatoms. The predicted molar refractivity (Wildman–Crippen MR) is 88.1 cm³/mol. The molecule has 0 spiro atoms. The third-order valence-electron chi connectivity index (χ3n) is 3.32. The van der Waals surface area contributed by atoms with Gasteiger partial charge in [0.05, 0.1) is 17.0 Å². The molecule has 1 amide bonds. The molecule has 3 rings (SSSR count). The molecule has 1 heterocycles. The number of carbonyl (C=O) groups is 1. The Kier molecular flexibility index (Phi) is 3.69. The summed E-state index contributed by atoms with van der Waals surface area (Å²) in [5.74, 6) is -0.0151. The summed E-state index contributed by atoms with van der Waals surface area (Å²) in [6.45, 7) is 1.79. The average molecular weight is 313 g/mol. The van der Waals surface area contributed by atoms with Gasteiger partial charge < -0.3 is 5.11 Å². The second-order valence-electron chi connectivity index (χ2n) is 4.93. The number of rotatable bonds is 2. The Bertz CT molecular complexity index is 795. The molecule has 0 bridgehead atoms. The minimum atomic E-state index is -0.201. The summed E-state index contributed by atoms with van der Waals surface area (Å²) in [6.07, 6.45) is 1.76. The van der Waals surface area contributed by atoms with Crippen LogP contribution in [0.4, 0.5) is 5.69 Å². The molecule has 22 heavy (non-hydrogen) atoms. The summed E-state index contributed by atoms with van der Waals surface area (Å²) in [4.78, 5) is 12.5. The molecule has 1 aliphatic rings. The lowest BCUT2D eigenvalue weighted by Crippen LogP contribution is -2.21. The number of halogens is 1. The van der Waals surface area contributed by atoms with Gasteiger partial charge in [-0.25, -0.2) is 0 Å². The molecule has 0 aromatic heterocycles. The lowest BCUT2D eigenvalue weighted by molar-refractivity contribution is -0.114. The number of hydrogen-bond acceptors (Lipinski definition) is 3. The smallest absolute Gasteiger partial charge is 0.280 e. The van der Waals surface area contributed by atoms with E-state index in [1.165, 1.54) is 5.01 Å². The van der Waals surface area contributed by atoms with E-state index in [2.05, 4.69) is 5.10 Å². The average Bonchev–Trinajstić information content (AvgIpc) is 2.77. The lowest BCUT2D eigenvalue weighted by Gasteiger charge is -2.11. The summed E-state index contributed by atoms with van der Waals surface area (Å²) in [6, 6.07) is 13.6. The van der Waals surface area contributed by atoms with Crippen molar-refractivity contribution in [2.24, 2.45) is 5.10 Å². The highest BCUT2D eigenvalue weighted by atomic mass is 35.5. The molecule has 0 unspecified atom stereocenters. The number of nitrogens with zero attached hydrogens (tertiary/aromatic N) is 2. The van der Waals surface area contributed by atoms with E-state index in [4.69, 9.17) is 11.6 Å². The van der Waals surface area contributed by atoms with Gasteiger partial charge in [0.15, 0.2) is 0 Å². The van der Waals surface area contributed by atoms with E-state index in [0.717, 1.165) is 5.56 Å². The zero-order chi connectivity index (χ0) is 15.7. The topological polar surface area (TPSA) is 52.9 Å². The molecule has 0 radical (unpaired) electrons. The van der Waals surface area contributed by atoms with Crippen LogP contribution in [0.5, 0.6) is 5.75 Å². The summed E-state index contributed by atoms with van der Waals surface area (Å²) in [7, 11) is 0. The third-order valence-corrected chi connectivity index (χ3v) is 3.55. The predicted octanol–water partition coefficient (Wildman–Crippen LogP) is 3.85. The van der Waals surface area contributed by atoms with Gasteiger partial charge in [0.25, 0.3) is 5.91 Å². The van der Waals surface area contributed by atoms with Crippen molar-refractivity contribution in [3.05, 3.63) is 64.7 Å². The molecule has 110 valence electrons. The molecular formula is C17H13ClN2O2. The lowest BCUT2D eigenvalue weighted by atomic mass is 10.1. The highest BCUT2D eigenvalue weighted by Crippen LogP contribution is 2.27. The Hall–Kier alpha value is -2.59. The van der Waals surface area contributed by atoms with Crippen LogP contribution in [0.2, 0.25) is 5.02 Å². The number of amides is 1. The van der Waals surface area contributed by atoms with Crippen molar-refractivity contribution in [3.63, 3.8) is 0 Å². The largest absolute Gasteiger partial charge is 0.508 e. The number of carbonyl (C=O) groups excluding carboxylic acids is 1. The van der Waals surface area contributed by atoms with Gasteiger partial charge in [-0.05, 0) is 48.9 Å². The van der Waals surface area contributed by atoms with E-state index < -0.39 is 0 Å². The summed E-state index contributed by atoms with van der Waals surface area (Å²) in [5, 5.41) is 15.5. The zero-order valence-corrected chi connectivity index (χ0v) is 12.6. The van der Waals surface area contributed by atoms with Crippen LogP contribution in [-0.2, 0) is 4.79 Å². The van der Waals surface area contributed by atoms with Crippen molar-refractivity contribution < 1.29 is 9.90 Å². The SMILES string of the molecule is CC1=NN(c2cccc(Cl)c2)C(=O)C1=Cc1ccc(O)cc1. The molecule has 1 aliphatic heterocycles. The fourth-order valence-corrected chi connectivity index (χ4v) is 2.39. The number of aromatic hydroxyl groups is 1. The summed E-state index contributed by atoms with van der Waals surface area (Å²) < 4.78 is 0. The minimum Gasteiger partial charge on any atom is -0.508 e. The number of benzene rings is 2. The molecule has 2 aromatic rings. The van der Waals surface area contributed by atoms with Crippen molar-refractivity contribution in [2.45, 2.75) is 6.92 Å². The summed E-state index contributed by atoms with van der Waals surface area (Å²) >= 11 is 5.96. The molecule has 0 aliphatic carbocycles. The first-order chi connectivity index (χ1) is 10.5. The van der Waals surface area contributed by atoms with Crippen LogP contribution in [-0.4, -0.2) is 16.7 Å². The van der Waals surface area contributed by atoms with Crippen molar-refractivity contribution >= 4 is 35.0 Å². The van der Waals surface area contributed by atoms with Crippen molar-refractivity contribution in [1.82, 2.24) is 0 Å². The number of phenols is 1. The number of anilines is 1. The highest BCUT2D eigenvalue weighted by molar-refractivity contribution is 6.33. The van der Waals surface area contributed by atoms with E-state index in [-0.39, 0.29) is 11.7 Å². The normalized spacial score (nSPS) is 16.3. The maximum absolute atomic E-state index is 12.5. The van der Waals surface area contributed by atoms with E-state index in [0.29, 0.717) is 22.0 Å². The Labute approximate surface area is 133 Å². The van der Waals surface area contributed by atoms with E-state index in [9.17, 15) is 9.90 Å². The van der Waals surface area contributed by atoms with E-state index in [1.54, 1.807) is 61.5 Å². The maximum Gasteiger partial charge on any atom is 0.280 e. The van der Waals surface area contributed by atoms with Crippen LogP contribution in [0.25, 0.3) is 6.08 Å². The molecule has 2 aromatic carbocycles. The van der Waals surface area contributed by atoms with Crippen LogP contribution in [0, 0.1) is 0 Å². The second kappa shape index (κ2) is 5.66. The van der Waals surface area contributed by atoms with Crippen LogP contribution in [0.1, 0.15) is 12.5 Å². The number of hydrogen-bond donors (Lipinski definition) is 1. The van der Waals surface area contributed by atoms with Crippen LogP contribution < -0.4 is 5.01 Å². The highest BCUT2D eigenvalue weighted by Gasteiger charge is 2.28. The first-order valence-electron chi connectivity index (χ1n) is 6.71. The molecule has 0 atom stereocenters. The van der Waals surface area contributed by atoms with Crippen LogP contribution in [0.3, 0.4) is 0 Å².